The second-order valence-electron chi connectivity index (χ2n) is 8.84. The molecule has 0 heterocycles. The normalized spacial score (nSPS) is 12.1. The van der Waals surface area contributed by atoms with Crippen molar-refractivity contribution in [1.29, 1.82) is 0 Å². The van der Waals surface area contributed by atoms with Crippen molar-refractivity contribution in [3.05, 3.63) is 0 Å². The molecule has 0 saturated heterocycles. The lowest BCUT2D eigenvalue weighted by atomic mass is 10.0. The van der Waals surface area contributed by atoms with Crippen LogP contribution in [0.1, 0.15) is 123 Å². The second-order valence-corrected chi connectivity index (χ2v) is 8.84. The van der Waals surface area contributed by atoms with E-state index in [-0.39, 0.29) is 25.9 Å². The van der Waals surface area contributed by atoms with Gasteiger partial charge in [0.15, 0.2) is 0 Å². The van der Waals surface area contributed by atoms with Crippen molar-refractivity contribution in [3.8, 4) is 0 Å². The van der Waals surface area contributed by atoms with Gasteiger partial charge in [-0.05, 0) is 12.8 Å². The maximum Gasteiger partial charge on any atom is 0.0558 e. The van der Waals surface area contributed by atoms with Crippen LogP contribution in [0.15, 0.2) is 0 Å². The molecule has 0 aromatic carbocycles. The summed E-state index contributed by atoms with van der Waals surface area (Å²) in [5, 5.41) is 35.4. The zero-order valence-electron chi connectivity index (χ0n) is 21.1. The molecule has 0 aliphatic rings. The van der Waals surface area contributed by atoms with E-state index in [0.29, 0.717) is 19.6 Å². The maximum absolute atomic E-state index is 9.95. The number of rotatable bonds is 23. The first kappa shape index (κ1) is 33.0. The molecule has 0 aromatic heterocycles. The van der Waals surface area contributed by atoms with Crippen molar-refractivity contribution in [1.82, 2.24) is 4.90 Å². The summed E-state index contributed by atoms with van der Waals surface area (Å²) in [5.74, 6) is 0. The van der Waals surface area contributed by atoms with E-state index in [9.17, 15) is 5.11 Å². The van der Waals surface area contributed by atoms with Crippen molar-refractivity contribution < 1.29 is 20.4 Å². The van der Waals surface area contributed by atoms with E-state index in [1.165, 1.54) is 96.3 Å². The molecule has 1 unspecified atom stereocenters. The first-order valence-electron chi connectivity index (χ1n) is 13.4. The minimum Gasteiger partial charge on any atom is -0.395 e. The van der Waals surface area contributed by atoms with Gasteiger partial charge in [-0.3, -0.25) is 4.90 Å². The fourth-order valence-corrected chi connectivity index (χ4v) is 3.75. The van der Waals surface area contributed by atoms with E-state index in [0.717, 1.165) is 12.8 Å². The van der Waals surface area contributed by atoms with Gasteiger partial charge in [0.2, 0.25) is 0 Å². The largest absolute Gasteiger partial charge is 0.395 e. The topological polar surface area (TPSA) is 84.2 Å². The summed E-state index contributed by atoms with van der Waals surface area (Å²) in [7, 11) is 0. The van der Waals surface area contributed by atoms with Crippen LogP contribution in [0, 0.1) is 0 Å². The lowest BCUT2D eigenvalue weighted by Gasteiger charge is -2.17. The van der Waals surface area contributed by atoms with Crippen LogP contribution in [0.25, 0.3) is 0 Å². The molecule has 0 aromatic rings. The van der Waals surface area contributed by atoms with Gasteiger partial charge in [-0.2, -0.15) is 0 Å². The van der Waals surface area contributed by atoms with Gasteiger partial charge in [0.25, 0.3) is 0 Å². The van der Waals surface area contributed by atoms with Gasteiger partial charge in [-0.15, -0.1) is 0 Å². The average molecular weight is 448 g/mol. The third kappa shape index (κ3) is 29.8. The van der Waals surface area contributed by atoms with Crippen LogP contribution in [0.5, 0.6) is 0 Å². The molecule has 0 bridgehead atoms. The molecule has 0 fully saturated rings. The maximum atomic E-state index is 9.95. The number of aliphatic hydroxyl groups excluding tert-OH is 4. The summed E-state index contributed by atoms with van der Waals surface area (Å²) < 4.78 is 0. The van der Waals surface area contributed by atoms with Crippen molar-refractivity contribution in [3.63, 3.8) is 0 Å². The Balaban J connectivity index is 0. The monoisotopic (exact) mass is 447 g/mol. The summed E-state index contributed by atoms with van der Waals surface area (Å²) in [4.78, 5) is 1.79. The SMILES string of the molecule is CCCCCCCCCCCC(O)CCCCCCCC.OCCN(CCO)CCO. The first-order chi connectivity index (χ1) is 15.2. The predicted octanol–water partition coefficient (Wildman–Crippen LogP) is 5.28. The number of aliphatic hydroxyl groups is 4. The Hall–Kier alpha value is -0.200. The molecule has 1 atom stereocenters. The van der Waals surface area contributed by atoms with E-state index < -0.39 is 0 Å². The van der Waals surface area contributed by atoms with Gasteiger partial charge < -0.3 is 20.4 Å². The van der Waals surface area contributed by atoms with Crippen molar-refractivity contribution in [2.24, 2.45) is 0 Å². The van der Waals surface area contributed by atoms with Gasteiger partial charge in [-0.1, -0.05) is 110 Å². The molecular weight excluding hydrogens is 390 g/mol. The Labute approximate surface area is 194 Å². The molecule has 5 heteroatoms. The smallest absolute Gasteiger partial charge is 0.0558 e. The van der Waals surface area contributed by atoms with E-state index in [4.69, 9.17) is 15.3 Å². The Morgan fingerprint density at radius 2 is 0.774 bits per heavy atom. The molecule has 0 spiro atoms. The van der Waals surface area contributed by atoms with Crippen LogP contribution in [0.4, 0.5) is 0 Å². The van der Waals surface area contributed by atoms with E-state index in [1.54, 1.807) is 4.90 Å². The highest BCUT2D eigenvalue weighted by molar-refractivity contribution is 4.57. The second kappa shape index (κ2) is 29.8. The lowest BCUT2D eigenvalue weighted by Crippen LogP contribution is -2.32. The molecule has 0 aliphatic carbocycles. The van der Waals surface area contributed by atoms with E-state index >= 15 is 0 Å². The zero-order chi connectivity index (χ0) is 23.4. The van der Waals surface area contributed by atoms with E-state index in [1.807, 2.05) is 0 Å². The lowest BCUT2D eigenvalue weighted by molar-refractivity contribution is 0.136. The summed E-state index contributed by atoms with van der Waals surface area (Å²) in [6.07, 6.45) is 22.3. The van der Waals surface area contributed by atoms with Crippen LogP contribution >= 0.6 is 0 Å². The van der Waals surface area contributed by atoms with Crippen molar-refractivity contribution in [2.75, 3.05) is 39.5 Å². The molecule has 0 radical (unpaired) electrons. The van der Waals surface area contributed by atoms with Gasteiger partial charge in [0.05, 0.1) is 25.9 Å². The summed E-state index contributed by atoms with van der Waals surface area (Å²) >= 11 is 0. The van der Waals surface area contributed by atoms with Crippen molar-refractivity contribution in [2.45, 2.75) is 129 Å². The molecule has 190 valence electrons. The van der Waals surface area contributed by atoms with Gasteiger partial charge in [0.1, 0.15) is 0 Å². The molecule has 4 N–H and O–H groups in total. The van der Waals surface area contributed by atoms with Gasteiger partial charge in [-0.25, -0.2) is 0 Å². The predicted molar refractivity (Wildman–Crippen MR) is 134 cm³/mol. The summed E-state index contributed by atoms with van der Waals surface area (Å²) in [6.45, 7) is 6.29. The number of nitrogens with zero attached hydrogens (tertiary/aromatic N) is 1. The Kier molecular flexibility index (Phi) is 31.7. The third-order valence-electron chi connectivity index (χ3n) is 5.78. The fourth-order valence-electron chi connectivity index (χ4n) is 3.75. The highest BCUT2D eigenvalue weighted by atomic mass is 16.3. The van der Waals surface area contributed by atoms with Crippen LogP contribution in [0.3, 0.4) is 0 Å². The molecule has 0 rings (SSSR count). The van der Waals surface area contributed by atoms with Gasteiger partial charge >= 0.3 is 0 Å². The van der Waals surface area contributed by atoms with Crippen LogP contribution < -0.4 is 0 Å². The fraction of sp³-hybridized carbons (Fsp3) is 1.00. The Morgan fingerprint density at radius 3 is 1.06 bits per heavy atom. The number of unbranched alkanes of at least 4 members (excludes halogenated alkanes) is 13. The van der Waals surface area contributed by atoms with Crippen LogP contribution in [-0.4, -0.2) is 70.9 Å². The first-order valence-corrected chi connectivity index (χ1v) is 13.4. The number of hydrogen-bond acceptors (Lipinski definition) is 5. The molecule has 31 heavy (non-hydrogen) atoms. The molecular formula is C26H57NO4. The summed E-state index contributed by atoms with van der Waals surface area (Å²) in [5.41, 5.74) is 0. The minimum atomic E-state index is -0.0271. The van der Waals surface area contributed by atoms with Gasteiger partial charge in [0, 0.05) is 19.6 Å². The molecule has 0 aliphatic heterocycles. The molecule has 0 amide bonds. The Bertz CT molecular complexity index is 291. The Morgan fingerprint density at radius 1 is 0.484 bits per heavy atom. The van der Waals surface area contributed by atoms with Crippen LogP contribution in [-0.2, 0) is 0 Å². The van der Waals surface area contributed by atoms with Crippen molar-refractivity contribution >= 4 is 0 Å². The average Bonchev–Trinajstić information content (AvgIpc) is 2.76. The van der Waals surface area contributed by atoms with E-state index in [2.05, 4.69) is 13.8 Å². The minimum absolute atomic E-state index is 0.0271. The quantitative estimate of drug-likeness (QED) is 0.160. The molecule has 5 nitrogen and oxygen atoms in total. The standard InChI is InChI=1S/C20H42O.C6H15NO3/c1-3-5-7-9-11-12-13-15-17-19-20(21)18-16-14-10-8-6-4-2;8-4-1-7(2-5-9)3-6-10/h20-21H,3-19H2,1-2H3;8-10H,1-6H2. The number of hydrogen-bond donors (Lipinski definition) is 4. The molecule has 0 saturated carbocycles. The zero-order valence-corrected chi connectivity index (χ0v) is 21.1. The third-order valence-corrected chi connectivity index (χ3v) is 5.78. The highest BCUT2D eigenvalue weighted by Gasteiger charge is 2.03. The summed E-state index contributed by atoms with van der Waals surface area (Å²) in [6, 6.07) is 0. The highest BCUT2D eigenvalue weighted by Crippen LogP contribution is 2.14. The van der Waals surface area contributed by atoms with Crippen LogP contribution in [0.2, 0.25) is 0 Å².